The van der Waals surface area contributed by atoms with Crippen molar-refractivity contribution in [3.8, 4) is 0 Å². The average Bonchev–Trinajstić information content (AvgIpc) is 3.22. The Hall–Kier alpha value is -2.88. The Bertz CT molecular complexity index is 1080. The summed E-state index contributed by atoms with van der Waals surface area (Å²) in [4.78, 5) is 21.5. The van der Waals surface area contributed by atoms with Gasteiger partial charge >= 0.3 is 5.69 Å². The first-order valence-corrected chi connectivity index (χ1v) is 8.17. The van der Waals surface area contributed by atoms with Gasteiger partial charge in [-0.3, -0.25) is 14.8 Å². The smallest absolute Gasteiger partial charge is 0.258 e. The maximum Gasteiger partial charge on any atom is 0.307 e. The topological polar surface area (TPSA) is 104 Å². The molecule has 0 aliphatic carbocycles. The van der Waals surface area contributed by atoms with E-state index in [2.05, 4.69) is 34.0 Å². The molecule has 4 aromatic heterocycles. The van der Waals surface area contributed by atoms with Gasteiger partial charge in [-0.1, -0.05) is 6.92 Å². The Morgan fingerprint density at radius 1 is 1.42 bits per heavy atom. The molecule has 0 saturated carbocycles. The van der Waals surface area contributed by atoms with Crippen LogP contribution in [0.2, 0.25) is 0 Å². The number of thiophene rings is 1. The van der Waals surface area contributed by atoms with Gasteiger partial charge in [-0.2, -0.15) is 5.10 Å². The molecule has 0 bridgehead atoms. The van der Waals surface area contributed by atoms with Crippen LogP contribution in [0.15, 0.2) is 18.7 Å². The zero-order valence-corrected chi connectivity index (χ0v) is 13.8. The summed E-state index contributed by atoms with van der Waals surface area (Å²) in [6, 6.07) is 0. The molecule has 10 heteroatoms. The molecule has 0 aromatic carbocycles. The molecule has 0 radical (unpaired) electrons. The molecule has 122 valence electrons. The highest BCUT2D eigenvalue weighted by Crippen LogP contribution is 2.31. The summed E-state index contributed by atoms with van der Waals surface area (Å²) < 4.78 is 3.11. The fraction of sp³-hybridized carbons (Fsp3) is 0.286. The highest BCUT2D eigenvalue weighted by atomic mass is 32.1. The van der Waals surface area contributed by atoms with Crippen LogP contribution >= 0.6 is 11.3 Å². The second kappa shape index (κ2) is 5.34. The van der Waals surface area contributed by atoms with Gasteiger partial charge in [-0.25, -0.2) is 14.5 Å². The third-order valence-corrected chi connectivity index (χ3v) is 4.92. The fourth-order valence-electron chi connectivity index (χ4n) is 2.78. The molecule has 24 heavy (non-hydrogen) atoms. The Morgan fingerprint density at radius 2 is 2.25 bits per heavy atom. The van der Waals surface area contributed by atoms with Gasteiger partial charge in [0.05, 0.1) is 10.3 Å². The molecule has 4 rings (SSSR count). The zero-order valence-electron chi connectivity index (χ0n) is 13.0. The van der Waals surface area contributed by atoms with Crippen LogP contribution in [0.3, 0.4) is 0 Å². The standard InChI is InChI=1S/C14H13N7O2S/c1-3-10-8(2)24-14-12(10)13-17-11(18-20(13)7-15-14)6-19-5-9(4-16-19)21(22)23/h4-5,7H,3,6H2,1-2H3. The summed E-state index contributed by atoms with van der Waals surface area (Å²) >= 11 is 1.65. The van der Waals surface area contributed by atoms with Gasteiger partial charge in [-0.05, 0) is 18.9 Å². The van der Waals surface area contributed by atoms with Crippen molar-refractivity contribution >= 4 is 32.9 Å². The maximum atomic E-state index is 10.7. The van der Waals surface area contributed by atoms with E-state index in [0.29, 0.717) is 5.82 Å². The molecule has 0 atom stereocenters. The number of aromatic nitrogens is 6. The molecule has 0 N–H and O–H groups in total. The molecule has 0 saturated heterocycles. The van der Waals surface area contributed by atoms with Crippen molar-refractivity contribution < 1.29 is 4.92 Å². The van der Waals surface area contributed by atoms with Crippen LogP contribution < -0.4 is 0 Å². The molecule has 4 aromatic rings. The second-order valence-corrected chi connectivity index (χ2v) is 6.57. The molecule has 0 fully saturated rings. The van der Waals surface area contributed by atoms with Crippen molar-refractivity contribution in [1.82, 2.24) is 29.4 Å². The zero-order chi connectivity index (χ0) is 16.8. The van der Waals surface area contributed by atoms with Crippen molar-refractivity contribution in [3.63, 3.8) is 0 Å². The Kier molecular flexibility index (Phi) is 3.27. The van der Waals surface area contributed by atoms with E-state index in [1.54, 1.807) is 22.2 Å². The Balaban J connectivity index is 1.79. The lowest BCUT2D eigenvalue weighted by Gasteiger charge is -1.96. The molecular weight excluding hydrogens is 330 g/mol. The molecule has 0 amide bonds. The third kappa shape index (κ3) is 2.22. The highest BCUT2D eigenvalue weighted by molar-refractivity contribution is 7.18. The number of fused-ring (bicyclic) bond motifs is 3. The summed E-state index contributed by atoms with van der Waals surface area (Å²) in [7, 11) is 0. The largest absolute Gasteiger partial charge is 0.307 e. The summed E-state index contributed by atoms with van der Waals surface area (Å²) in [5.74, 6) is 0.535. The van der Waals surface area contributed by atoms with E-state index in [4.69, 9.17) is 0 Å². The summed E-state index contributed by atoms with van der Waals surface area (Å²) in [6.45, 7) is 4.46. The number of hydrogen-bond donors (Lipinski definition) is 0. The van der Waals surface area contributed by atoms with Gasteiger partial charge in [0, 0.05) is 4.88 Å². The first kappa shape index (κ1) is 14.7. The quantitative estimate of drug-likeness (QED) is 0.416. The minimum atomic E-state index is -0.476. The highest BCUT2D eigenvalue weighted by Gasteiger charge is 2.16. The van der Waals surface area contributed by atoms with Crippen LogP contribution in [0.25, 0.3) is 15.9 Å². The molecule has 4 heterocycles. The van der Waals surface area contributed by atoms with Gasteiger partial charge < -0.3 is 0 Å². The molecule has 0 aliphatic heterocycles. The van der Waals surface area contributed by atoms with Crippen molar-refractivity contribution in [1.29, 1.82) is 0 Å². The van der Waals surface area contributed by atoms with E-state index in [1.807, 2.05) is 0 Å². The van der Waals surface area contributed by atoms with E-state index in [0.717, 1.165) is 22.3 Å². The van der Waals surface area contributed by atoms with Crippen molar-refractivity contribution in [3.05, 3.63) is 45.1 Å². The molecule has 0 spiro atoms. The lowest BCUT2D eigenvalue weighted by molar-refractivity contribution is -0.385. The monoisotopic (exact) mass is 343 g/mol. The van der Waals surface area contributed by atoms with Crippen LogP contribution in [-0.2, 0) is 13.0 Å². The predicted molar refractivity (Wildman–Crippen MR) is 88.3 cm³/mol. The summed E-state index contributed by atoms with van der Waals surface area (Å²) in [5.41, 5.74) is 1.95. The number of nitro groups is 1. The third-order valence-electron chi connectivity index (χ3n) is 3.86. The van der Waals surface area contributed by atoms with Gasteiger partial charge in [0.2, 0.25) is 0 Å². The maximum absolute atomic E-state index is 10.7. The molecule has 0 unspecified atom stereocenters. The van der Waals surface area contributed by atoms with E-state index in [-0.39, 0.29) is 12.2 Å². The van der Waals surface area contributed by atoms with Crippen LogP contribution in [0.4, 0.5) is 5.69 Å². The summed E-state index contributed by atoms with van der Waals surface area (Å²) in [6.07, 6.45) is 5.13. The van der Waals surface area contributed by atoms with Crippen LogP contribution in [-0.4, -0.2) is 34.3 Å². The van der Waals surface area contributed by atoms with Gasteiger partial charge in [0.25, 0.3) is 0 Å². The van der Waals surface area contributed by atoms with Crippen molar-refractivity contribution in [2.75, 3.05) is 0 Å². The fourth-order valence-corrected chi connectivity index (χ4v) is 3.86. The van der Waals surface area contributed by atoms with Gasteiger partial charge in [-0.15, -0.1) is 16.4 Å². The van der Waals surface area contributed by atoms with Gasteiger partial charge in [0.1, 0.15) is 30.1 Å². The lowest BCUT2D eigenvalue weighted by atomic mass is 10.1. The van der Waals surface area contributed by atoms with Crippen LogP contribution in [0.5, 0.6) is 0 Å². The van der Waals surface area contributed by atoms with Crippen LogP contribution in [0, 0.1) is 17.0 Å². The molecule has 0 aliphatic rings. The first-order chi connectivity index (χ1) is 11.6. The normalized spacial score (nSPS) is 11.6. The van der Waals surface area contributed by atoms with E-state index < -0.39 is 4.92 Å². The number of hydrogen-bond acceptors (Lipinski definition) is 7. The predicted octanol–water partition coefficient (Wildman–Crippen LogP) is 2.36. The number of rotatable bonds is 4. The van der Waals surface area contributed by atoms with Crippen LogP contribution in [0.1, 0.15) is 23.2 Å². The first-order valence-electron chi connectivity index (χ1n) is 7.36. The Morgan fingerprint density at radius 3 is 2.96 bits per heavy atom. The minimum absolute atomic E-state index is 0.0513. The van der Waals surface area contributed by atoms with Crippen molar-refractivity contribution in [2.45, 2.75) is 26.8 Å². The SMILES string of the molecule is CCc1c(C)sc2ncn3nc(Cn4cc([N+](=O)[O-])cn4)nc3c12. The second-order valence-electron chi connectivity index (χ2n) is 5.36. The van der Waals surface area contributed by atoms with Crippen molar-refractivity contribution in [2.24, 2.45) is 0 Å². The average molecular weight is 343 g/mol. The van der Waals surface area contributed by atoms with E-state index >= 15 is 0 Å². The van der Waals surface area contributed by atoms with Gasteiger partial charge in [0.15, 0.2) is 11.5 Å². The molecular formula is C14H13N7O2S. The minimum Gasteiger partial charge on any atom is -0.258 e. The van der Waals surface area contributed by atoms with E-state index in [1.165, 1.54) is 27.5 Å². The number of nitrogens with zero attached hydrogens (tertiary/aromatic N) is 7. The Labute approximate surface area is 139 Å². The number of aryl methyl sites for hydroxylation is 2. The van der Waals surface area contributed by atoms with E-state index in [9.17, 15) is 10.1 Å². The molecule has 9 nitrogen and oxygen atoms in total. The summed E-state index contributed by atoms with van der Waals surface area (Å²) in [5, 5.41) is 20.2. The lowest BCUT2D eigenvalue weighted by Crippen LogP contribution is -2.02.